The largest absolute Gasteiger partial charge is 0.465 e. The Balaban J connectivity index is 1.93. The van der Waals surface area contributed by atoms with Crippen LogP contribution in [0, 0.1) is 17.6 Å². The van der Waals surface area contributed by atoms with E-state index in [0.29, 0.717) is 6.07 Å². The van der Waals surface area contributed by atoms with Crippen LogP contribution in [0.4, 0.5) is 32.4 Å². The fourth-order valence-electron chi connectivity index (χ4n) is 3.90. The summed E-state index contributed by atoms with van der Waals surface area (Å²) in [4.78, 5) is 38.9. The quantitative estimate of drug-likeness (QED) is 0.187. The zero-order valence-corrected chi connectivity index (χ0v) is 22.7. The summed E-state index contributed by atoms with van der Waals surface area (Å²) in [6, 6.07) is 6.69. The molecule has 38 heavy (non-hydrogen) atoms. The number of anilines is 1. The number of carbonyl (C=O) groups is 3. The van der Waals surface area contributed by atoms with Gasteiger partial charge in [0.2, 0.25) is 5.91 Å². The number of hydrogen-bond acceptors (Lipinski definition) is 4. The Labute approximate surface area is 222 Å². The van der Waals surface area contributed by atoms with Gasteiger partial charge in [-0.15, -0.1) is 11.6 Å². The van der Waals surface area contributed by atoms with Gasteiger partial charge >= 0.3 is 6.18 Å². The highest BCUT2D eigenvalue weighted by Crippen LogP contribution is 2.36. The zero-order chi connectivity index (χ0) is 28.4. The molecule has 1 heterocycles. The molecular formula is C25H26ClF5N2O4Si. The molecule has 0 spiro atoms. The van der Waals surface area contributed by atoms with Crippen LogP contribution in [0.25, 0.3) is 0 Å². The molecule has 13 heteroatoms. The number of amides is 2. The van der Waals surface area contributed by atoms with Crippen molar-refractivity contribution in [1.29, 1.82) is 0 Å². The molecule has 206 valence electrons. The summed E-state index contributed by atoms with van der Waals surface area (Å²) < 4.78 is 72.9. The molecule has 1 fully saturated rings. The Hall–Kier alpha value is -2.99. The predicted molar refractivity (Wildman–Crippen MR) is 133 cm³/mol. The normalized spacial score (nSPS) is 17.4. The summed E-state index contributed by atoms with van der Waals surface area (Å²) >= 11 is 5.77. The zero-order valence-electron chi connectivity index (χ0n) is 20.8. The van der Waals surface area contributed by atoms with E-state index < -0.39 is 73.6 Å². The lowest BCUT2D eigenvalue weighted by atomic mass is 10.1. The molecule has 0 atom stereocenters. The van der Waals surface area contributed by atoms with Crippen molar-refractivity contribution in [2.24, 2.45) is 5.92 Å². The van der Waals surface area contributed by atoms with Crippen molar-refractivity contribution in [3.05, 3.63) is 65.2 Å². The van der Waals surface area contributed by atoms with Crippen LogP contribution in [-0.2, 0) is 27.0 Å². The minimum Gasteiger partial charge on any atom is -0.465 e. The number of rotatable bonds is 6. The second-order valence-electron chi connectivity index (χ2n) is 9.92. The lowest BCUT2D eigenvalue weighted by Gasteiger charge is -2.40. The van der Waals surface area contributed by atoms with Crippen molar-refractivity contribution in [2.45, 2.75) is 51.2 Å². The van der Waals surface area contributed by atoms with Gasteiger partial charge in [-0.3, -0.25) is 14.4 Å². The van der Waals surface area contributed by atoms with Gasteiger partial charge in [0.05, 0.1) is 12.1 Å². The smallest absolute Gasteiger partial charge is 0.416 e. The number of alkyl halides is 4. The number of hydrazine groups is 1. The molecule has 0 aromatic heterocycles. The van der Waals surface area contributed by atoms with Crippen LogP contribution < -0.4 is 5.01 Å². The summed E-state index contributed by atoms with van der Waals surface area (Å²) in [5.74, 6) is -5.01. The van der Waals surface area contributed by atoms with Crippen LogP contribution in [0.3, 0.4) is 0 Å². The standard InChI is InChI=1S/C25H26ClF5N2O4Si/c1-24(2,3)37-23(36)38-13-16(14-38)22(35)33(20-9-8-18(27)10-19(20)28)32(21(34)11-26)12-15-4-6-17(7-5-15)25(29,30)31/h4-10,16,38H,11-14H2,1-3H3. The van der Waals surface area contributed by atoms with Crippen LogP contribution in [-0.4, -0.2) is 42.7 Å². The number of hydrogen-bond donors (Lipinski definition) is 0. The monoisotopic (exact) mass is 576 g/mol. The van der Waals surface area contributed by atoms with E-state index in [1.165, 1.54) is 0 Å². The highest BCUT2D eigenvalue weighted by atomic mass is 35.5. The average molecular weight is 577 g/mol. The van der Waals surface area contributed by atoms with Crippen molar-refractivity contribution in [3.63, 3.8) is 0 Å². The highest BCUT2D eigenvalue weighted by molar-refractivity contribution is 6.91. The average Bonchev–Trinajstić information content (AvgIpc) is 2.77. The molecule has 2 aromatic carbocycles. The Morgan fingerprint density at radius 3 is 2.13 bits per heavy atom. The Bertz CT molecular complexity index is 1200. The maximum Gasteiger partial charge on any atom is 0.416 e. The van der Waals surface area contributed by atoms with Gasteiger partial charge in [0.15, 0.2) is 14.6 Å². The van der Waals surface area contributed by atoms with Gasteiger partial charge in [-0.1, -0.05) is 12.1 Å². The summed E-state index contributed by atoms with van der Waals surface area (Å²) in [5, 5.41) is 1.55. The van der Waals surface area contributed by atoms with Crippen LogP contribution >= 0.6 is 11.6 Å². The number of ether oxygens (including phenoxy) is 1. The van der Waals surface area contributed by atoms with Gasteiger partial charge in [0, 0.05) is 12.0 Å². The maximum absolute atomic E-state index is 14.9. The number of benzene rings is 2. The number of nitrogens with zero attached hydrogens (tertiary/aromatic N) is 2. The van der Waals surface area contributed by atoms with Crippen LogP contribution in [0.5, 0.6) is 0 Å². The van der Waals surface area contributed by atoms with Crippen LogP contribution in [0.2, 0.25) is 12.1 Å². The van der Waals surface area contributed by atoms with Gasteiger partial charge in [0.25, 0.3) is 11.5 Å². The molecule has 0 aliphatic carbocycles. The van der Waals surface area contributed by atoms with Crippen LogP contribution in [0.15, 0.2) is 42.5 Å². The highest BCUT2D eigenvalue weighted by Gasteiger charge is 2.46. The molecule has 1 aliphatic rings. The molecule has 0 radical (unpaired) electrons. The fourth-order valence-corrected chi connectivity index (χ4v) is 6.58. The fraction of sp³-hybridized carbons (Fsp3) is 0.400. The molecule has 0 saturated carbocycles. The van der Waals surface area contributed by atoms with Crippen molar-refractivity contribution in [1.82, 2.24) is 5.01 Å². The molecule has 2 aromatic rings. The van der Waals surface area contributed by atoms with Crippen molar-refractivity contribution >= 4 is 43.5 Å². The molecule has 0 bridgehead atoms. The predicted octanol–water partition coefficient (Wildman–Crippen LogP) is 5.87. The van der Waals surface area contributed by atoms with Gasteiger partial charge in [-0.2, -0.15) is 13.2 Å². The maximum atomic E-state index is 14.9. The SMILES string of the molecule is CC(C)(C)OC(=O)[SiH]1CC(C(=O)N(c2ccc(F)cc2F)N(Cc2ccc(C(F)(F)F)cc2)C(=O)CCl)C1. The van der Waals surface area contributed by atoms with E-state index >= 15 is 0 Å². The van der Waals surface area contributed by atoms with E-state index in [1.54, 1.807) is 20.8 Å². The molecular weight excluding hydrogens is 551 g/mol. The molecule has 1 aliphatic heterocycles. The summed E-state index contributed by atoms with van der Waals surface area (Å²) in [6.07, 6.45) is -4.58. The first-order valence-electron chi connectivity index (χ1n) is 11.6. The molecule has 3 rings (SSSR count). The second-order valence-corrected chi connectivity index (χ2v) is 13.0. The van der Waals surface area contributed by atoms with Crippen LogP contribution in [0.1, 0.15) is 31.9 Å². The first-order valence-corrected chi connectivity index (χ1v) is 14.4. The summed E-state index contributed by atoms with van der Waals surface area (Å²) in [5.41, 5.74) is -2.22. The Morgan fingerprint density at radius 2 is 1.63 bits per heavy atom. The van der Waals surface area contributed by atoms with E-state index in [1.807, 2.05) is 0 Å². The third-order valence-electron chi connectivity index (χ3n) is 5.83. The van der Waals surface area contributed by atoms with E-state index in [-0.39, 0.29) is 23.2 Å². The van der Waals surface area contributed by atoms with Crippen molar-refractivity contribution in [2.75, 3.05) is 10.9 Å². The lowest BCUT2D eigenvalue weighted by molar-refractivity contribution is -0.137. The minimum absolute atomic E-state index is 0.200. The van der Waals surface area contributed by atoms with E-state index in [0.717, 1.165) is 46.4 Å². The molecule has 1 saturated heterocycles. The Kier molecular flexibility index (Phi) is 8.87. The molecule has 2 amide bonds. The van der Waals surface area contributed by atoms with Gasteiger partial charge in [-0.25, -0.2) is 18.8 Å². The number of halogens is 6. The summed E-state index contributed by atoms with van der Waals surface area (Å²) in [6.45, 7) is 4.73. The molecule has 0 N–H and O–H groups in total. The minimum atomic E-state index is -4.58. The third-order valence-corrected chi connectivity index (χ3v) is 9.12. The van der Waals surface area contributed by atoms with Gasteiger partial charge < -0.3 is 4.74 Å². The number of carbonyl (C=O) groups excluding carboxylic acids is 3. The van der Waals surface area contributed by atoms with Gasteiger partial charge in [0.1, 0.15) is 23.0 Å². The molecule has 6 nitrogen and oxygen atoms in total. The third kappa shape index (κ3) is 7.10. The Morgan fingerprint density at radius 1 is 1.03 bits per heavy atom. The van der Waals surface area contributed by atoms with Crippen molar-refractivity contribution < 1.29 is 41.1 Å². The first-order chi connectivity index (χ1) is 17.6. The first kappa shape index (κ1) is 29.6. The second kappa shape index (κ2) is 11.4. The van der Waals surface area contributed by atoms with E-state index in [9.17, 15) is 36.3 Å². The topological polar surface area (TPSA) is 66.9 Å². The molecule has 0 unspecified atom stereocenters. The van der Waals surface area contributed by atoms with E-state index in [4.69, 9.17) is 16.3 Å². The van der Waals surface area contributed by atoms with Crippen molar-refractivity contribution in [3.8, 4) is 0 Å². The summed E-state index contributed by atoms with van der Waals surface area (Å²) in [7, 11) is -2.12. The van der Waals surface area contributed by atoms with Gasteiger partial charge in [-0.05, 0) is 62.7 Å². The van der Waals surface area contributed by atoms with E-state index in [2.05, 4.69) is 0 Å². The lowest BCUT2D eigenvalue weighted by Crippen LogP contribution is -2.56.